The summed E-state index contributed by atoms with van der Waals surface area (Å²) in [4.78, 5) is 0. The van der Waals surface area contributed by atoms with Crippen LogP contribution < -0.4 is 0 Å². The fourth-order valence-electron chi connectivity index (χ4n) is 3.27. The fourth-order valence-corrected chi connectivity index (χ4v) is 5.78. The van der Waals surface area contributed by atoms with Crippen molar-refractivity contribution in [3.63, 3.8) is 0 Å². The maximum atomic E-state index is 6.52. The molecule has 0 saturated heterocycles. The van der Waals surface area contributed by atoms with E-state index in [9.17, 15) is 0 Å². The highest BCUT2D eigenvalue weighted by Gasteiger charge is 2.42. The van der Waals surface area contributed by atoms with Gasteiger partial charge in [-0.25, -0.2) is 0 Å². The Kier molecular flexibility index (Phi) is 4.28. The van der Waals surface area contributed by atoms with E-state index in [2.05, 4.69) is 87.2 Å². The molecule has 0 spiro atoms. The predicted octanol–water partition coefficient (Wildman–Crippen LogP) is 5.20. The third-order valence-corrected chi connectivity index (χ3v) is 6.39. The minimum absolute atomic E-state index is 0.100. The summed E-state index contributed by atoms with van der Waals surface area (Å²) in [6.07, 6.45) is 0.173. The van der Waals surface area contributed by atoms with Gasteiger partial charge in [0.15, 0.2) is 0 Å². The zero-order valence-corrected chi connectivity index (χ0v) is 15.0. The first-order chi connectivity index (χ1) is 10.5. The molecule has 0 saturated carbocycles. The lowest BCUT2D eigenvalue weighted by atomic mass is 9.81. The molecule has 0 aliphatic carbocycles. The van der Waals surface area contributed by atoms with Gasteiger partial charge < -0.3 is 3.79 Å². The van der Waals surface area contributed by atoms with Crippen LogP contribution in [0.5, 0.6) is 0 Å². The molecule has 0 N–H and O–H groups in total. The Bertz CT molecular complexity index is 668. The van der Waals surface area contributed by atoms with Crippen molar-refractivity contribution < 1.29 is 3.79 Å². The Morgan fingerprint density at radius 3 is 1.82 bits per heavy atom. The van der Waals surface area contributed by atoms with E-state index in [0.29, 0.717) is 0 Å². The minimum atomic E-state index is -1.40. The highest BCUT2D eigenvalue weighted by atomic mass is 27.2. The van der Waals surface area contributed by atoms with Gasteiger partial charge in [-0.2, -0.15) is 0 Å². The monoisotopic (exact) mass is 306 g/mol. The van der Waals surface area contributed by atoms with Crippen molar-refractivity contribution in [2.75, 3.05) is 0 Å². The zero-order chi connectivity index (χ0) is 15.7. The Labute approximate surface area is 138 Å². The molecule has 0 aromatic heterocycles. The smallest absolute Gasteiger partial charge is 0.491 e. The van der Waals surface area contributed by atoms with Crippen LogP contribution in [0.1, 0.15) is 31.9 Å². The molecule has 0 radical (unpaired) electrons. The van der Waals surface area contributed by atoms with Gasteiger partial charge in [0.1, 0.15) is 0 Å². The molecule has 3 rings (SSSR count). The van der Waals surface area contributed by atoms with Gasteiger partial charge in [0.25, 0.3) is 0 Å². The second-order valence-corrected chi connectivity index (χ2v) is 9.22. The Morgan fingerprint density at radius 1 is 0.818 bits per heavy atom. The molecule has 2 aromatic rings. The average molecular weight is 306 g/mol. The molecule has 2 aromatic carbocycles. The molecule has 0 bridgehead atoms. The van der Waals surface area contributed by atoms with Gasteiger partial charge in [-0.15, -0.1) is 0 Å². The van der Waals surface area contributed by atoms with Crippen molar-refractivity contribution in [1.29, 1.82) is 0 Å². The zero-order valence-electron chi connectivity index (χ0n) is 13.8. The Balaban J connectivity index is 2.22. The quantitative estimate of drug-likeness (QED) is 0.693. The van der Waals surface area contributed by atoms with Crippen LogP contribution in [-0.2, 0) is 3.79 Å². The molecule has 1 aliphatic heterocycles. The standard InChI is InChI=1S/C19H20O.CH3.Al/c1-19(2,3)18(20)17(16-12-8-5-9-13-16)14-15-10-6-4-7-11-15;;/h4-13,18H,1-3H3;1H3;/q-1;;+1. The summed E-state index contributed by atoms with van der Waals surface area (Å²) < 4.78 is 7.99. The molecular weight excluding hydrogens is 283 g/mol. The van der Waals surface area contributed by atoms with Crippen molar-refractivity contribution in [3.05, 3.63) is 71.8 Å². The van der Waals surface area contributed by atoms with Crippen molar-refractivity contribution in [3.8, 4) is 0 Å². The van der Waals surface area contributed by atoms with Gasteiger partial charge in [-0.3, -0.25) is 0 Å². The van der Waals surface area contributed by atoms with Crippen LogP contribution in [0.25, 0.3) is 10.0 Å². The van der Waals surface area contributed by atoms with Crippen LogP contribution in [0.15, 0.2) is 60.7 Å². The lowest BCUT2D eigenvalue weighted by Crippen LogP contribution is -2.29. The lowest BCUT2D eigenvalue weighted by molar-refractivity contribution is 0.146. The molecule has 22 heavy (non-hydrogen) atoms. The third-order valence-electron chi connectivity index (χ3n) is 4.26. The molecule has 1 heterocycles. The minimum Gasteiger partial charge on any atom is -0.491 e. The topological polar surface area (TPSA) is 9.23 Å². The van der Waals surface area contributed by atoms with E-state index in [-0.39, 0.29) is 11.5 Å². The molecule has 112 valence electrons. The SMILES string of the molecule is [CH3][Al]1[O]C(C(C)(C)C)C(c2ccccc2)=[C]1c1ccccc1. The highest BCUT2D eigenvalue weighted by molar-refractivity contribution is 6.76. The van der Waals surface area contributed by atoms with Gasteiger partial charge in [-0.05, 0) is 22.1 Å². The maximum Gasteiger partial charge on any atom is 0.500 e. The van der Waals surface area contributed by atoms with Crippen LogP contribution >= 0.6 is 0 Å². The summed E-state index contributed by atoms with van der Waals surface area (Å²) in [6.45, 7) is 6.82. The van der Waals surface area contributed by atoms with Crippen molar-refractivity contribution in [2.24, 2.45) is 5.41 Å². The van der Waals surface area contributed by atoms with E-state index in [4.69, 9.17) is 3.79 Å². The Morgan fingerprint density at radius 2 is 1.32 bits per heavy atom. The molecule has 1 unspecified atom stereocenters. The molecule has 1 aliphatic rings. The molecular formula is C20H23AlO. The first-order valence-electron chi connectivity index (χ1n) is 7.99. The summed E-state index contributed by atoms with van der Waals surface area (Å²) in [7, 11) is 0. The summed E-state index contributed by atoms with van der Waals surface area (Å²) in [5.41, 5.74) is 4.13. The summed E-state index contributed by atoms with van der Waals surface area (Å²) >= 11 is -1.40. The van der Waals surface area contributed by atoms with E-state index < -0.39 is 14.5 Å². The molecule has 1 atom stereocenters. The number of hydrogen-bond donors (Lipinski definition) is 0. The van der Waals surface area contributed by atoms with Crippen molar-refractivity contribution in [2.45, 2.75) is 32.7 Å². The van der Waals surface area contributed by atoms with E-state index in [1.165, 1.54) is 21.1 Å². The second-order valence-electron chi connectivity index (χ2n) is 7.08. The van der Waals surface area contributed by atoms with Crippen molar-refractivity contribution in [1.82, 2.24) is 0 Å². The Hall–Kier alpha value is -1.33. The highest BCUT2D eigenvalue weighted by Crippen LogP contribution is 2.45. The van der Waals surface area contributed by atoms with Crippen LogP contribution in [-0.4, -0.2) is 20.6 Å². The van der Waals surface area contributed by atoms with Crippen LogP contribution in [0.3, 0.4) is 0 Å². The van der Waals surface area contributed by atoms with Gasteiger partial charge in [0.2, 0.25) is 0 Å². The van der Waals surface area contributed by atoms with Crippen LogP contribution in [0.4, 0.5) is 0 Å². The second kappa shape index (κ2) is 6.05. The van der Waals surface area contributed by atoms with E-state index >= 15 is 0 Å². The predicted molar refractivity (Wildman–Crippen MR) is 95.6 cm³/mol. The van der Waals surface area contributed by atoms with Crippen LogP contribution in [0, 0.1) is 5.41 Å². The first kappa shape index (κ1) is 15.6. The summed E-state index contributed by atoms with van der Waals surface area (Å²) in [5.74, 6) is 2.30. The van der Waals surface area contributed by atoms with E-state index in [1.807, 2.05) is 0 Å². The number of benzene rings is 2. The molecule has 2 heteroatoms. The number of hydrogen-bond acceptors (Lipinski definition) is 1. The molecule has 1 nitrogen and oxygen atoms in total. The summed E-state index contributed by atoms with van der Waals surface area (Å²) in [5, 5.41) is 0. The van der Waals surface area contributed by atoms with Gasteiger partial charge in [0.05, 0.1) is 6.10 Å². The molecule has 0 fully saturated rings. The number of rotatable bonds is 2. The van der Waals surface area contributed by atoms with Gasteiger partial charge >= 0.3 is 14.5 Å². The normalized spacial score (nSPS) is 18.9. The first-order valence-corrected chi connectivity index (χ1v) is 10.2. The lowest BCUT2D eigenvalue weighted by Gasteiger charge is -2.31. The van der Waals surface area contributed by atoms with Crippen LogP contribution in [0.2, 0.25) is 5.79 Å². The third kappa shape index (κ3) is 2.92. The van der Waals surface area contributed by atoms with Gasteiger partial charge in [0, 0.05) is 0 Å². The van der Waals surface area contributed by atoms with E-state index in [1.54, 1.807) is 0 Å². The largest absolute Gasteiger partial charge is 0.500 e. The van der Waals surface area contributed by atoms with E-state index in [0.717, 1.165) is 0 Å². The van der Waals surface area contributed by atoms with Gasteiger partial charge in [-0.1, -0.05) is 91.7 Å². The maximum absolute atomic E-state index is 6.52. The fraction of sp³-hybridized carbons (Fsp3) is 0.300. The van der Waals surface area contributed by atoms with Crippen molar-refractivity contribution >= 4 is 24.5 Å². The summed E-state index contributed by atoms with van der Waals surface area (Å²) in [6, 6.07) is 21.5. The molecule has 0 amide bonds. The average Bonchev–Trinajstić information content (AvgIpc) is 2.87.